The minimum absolute atomic E-state index is 0.0593. The van der Waals surface area contributed by atoms with Crippen LogP contribution in [0.3, 0.4) is 0 Å². The number of ketones is 1. The lowest BCUT2D eigenvalue weighted by molar-refractivity contribution is -0.124. The van der Waals surface area contributed by atoms with Crippen LogP contribution in [0.5, 0.6) is 0 Å². The average molecular weight is 316 g/mol. The van der Waals surface area contributed by atoms with Crippen LogP contribution in [-0.2, 0) is 4.79 Å². The Hall–Kier alpha value is -0.630. The summed E-state index contributed by atoms with van der Waals surface area (Å²) in [5, 5.41) is 10.1. The highest BCUT2D eigenvalue weighted by molar-refractivity contribution is 5.95. The SMILES string of the molecule is CC(=O)C1=CCC2C3CCC4CC(O)CCC4(C)C3CCC12C. The maximum atomic E-state index is 12.1. The minimum atomic E-state index is -0.0593. The lowest BCUT2D eigenvalue weighted by Gasteiger charge is -2.60. The van der Waals surface area contributed by atoms with Gasteiger partial charge in [0, 0.05) is 0 Å². The fraction of sp³-hybridized carbons (Fsp3) is 0.857. The van der Waals surface area contributed by atoms with Crippen molar-refractivity contribution in [2.75, 3.05) is 0 Å². The molecule has 2 nitrogen and oxygen atoms in total. The van der Waals surface area contributed by atoms with Gasteiger partial charge < -0.3 is 5.11 Å². The van der Waals surface area contributed by atoms with Gasteiger partial charge in [0.25, 0.3) is 0 Å². The quantitative estimate of drug-likeness (QED) is 0.772. The first-order valence-electron chi connectivity index (χ1n) is 9.76. The van der Waals surface area contributed by atoms with E-state index in [1.165, 1.54) is 32.1 Å². The van der Waals surface area contributed by atoms with E-state index in [0.717, 1.165) is 42.6 Å². The monoisotopic (exact) mass is 316 g/mol. The molecule has 3 saturated carbocycles. The summed E-state index contributed by atoms with van der Waals surface area (Å²) in [6.45, 7) is 6.65. The molecule has 0 heterocycles. The average Bonchev–Trinajstić information content (AvgIpc) is 2.85. The van der Waals surface area contributed by atoms with Gasteiger partial charge in [-0.05, 0) is 98.4 Å². The Morgan fingerprint density at radius 2 is 1.91 bits per heavy atom. The van der Waals surface area contributed by atoms with Gasteiger partial charge in [0.15, 0.2) is 5.78 Å². The molecule has 23 heavy (non-hydrogen) atoms. The highest BCUT2D eigenvalue weighted by Gasteiger charge is 2.58. The van der Waals surface area contributed by atoms with E-state index in [1.54, 1.807) is 6.92 Å². The number of carbonyl (C=O) groups excluding carboxylic acids is 1. The third kappa shape index (κ3) is 2.13. The fourth-order valence-corrected chi connectivity index (χ4v) is 7.35. The summed E-state index contributed by atoms with van der Waals surface area (Å²) >= 11 is 0. The fourth-order valence-electron chi connectivity index (χ4n) is 7.35. The number of rotatable bonds is 1. The van der Waals surface area contributed by atoms with Crippen LogP contribution in [0.4, 0.5) is 0 Å². The maximum Gasteiger partial charge on any atom is 0.156 e. The van der Waals surface area contributed by atoms with Crippen molar-refractivity contribution in [3.63, 3.8) is 0 Å². The molecule has 128 valence electrons. The van der Waals surface area contributed by atoms with Crippen molar-refractivity contribution >= 4 is 5.78 Å². The molecule has 4 aliphatic carbocycles. The summed E-state index contributed by atoms with van der Waals surface area (Å²) in [5.41, 5.74) is 1.71. The molecule has 0 bridgehead atoms. The third-order valence-electron chi connectivity index (χ3n) is 8.60. The van der Waals surface area contributed by atoms with Crippen molar-refractivity contribution < 1.29 is 9.90 Å². The highest BCUT2D eigenvalue weighted by Crippen LogP contribution is 2.66. The van der Waals surface area contributed by atoms with Gasteiger partial charge in [0.05, 0.1) is 6.10 Å². The van der Waals surface area contributed by atoms with E-state index in [2.05, 4.69) is 19.9 Å². The van der Waals surface area contributed by atoms with Crippen LogP contribution in [0.1, 0.15) is 72.1 Å². The van der Waals surface area contributed by atoms with Crippen LogP contribution in [-0.4, -0.2) is 17.0 Å². The largest absolute Gasteiger partial charge is 0.393 e. The highest BCUT2D eigenvalue weighted by atomic mass is 16.3. The molecule has 7 atom stereocenters. The first-order chi connectivity index (χ1) is 10.9. The molecule has 0 spiro atoms. The molecular formula is C21H32O2. The van der Waals surface area contributed by atoms with Gasteiger partial charge in [-0.2, -0.15) is 0 Å². The van der Waals surface area contributed by atoms with E-state index in [1.807, 2.05) is 0 Å². The zero-order chi connectivity index (χ0) is 16.4. The molecule has 0 amide bonds. The van der Waals surface area contributed by atoms with Gasteiger partial charge in [-0.15, -0.1) is 0 Å². The first kappa shape index (κ1) is 15.9. The van der Waals surface area contributed by atoms with Crippen LogP contribution >= 0.6 is 0 Å². The maximum absolute atomic E-state index is 12.1. The molecule has 2 heteroatoms. The molecule has 4 aliphatic rings. The van der Waals surface area contributed by atoms with Gasteiger partial charge in [0.1, 0.15) is 0 Å². The van der Waals surface area contributed by atoms with Gasteiger partial charge in [0.2, 0.25) is 0 Å². The summed E-state index contributed by atoms with van der Waals surface area (Å²) in [6, 6.07) is 0. The molecule has 0 aromatic rings. The van der Waals surface area contributed by atoms with Gasteiger partial charge in [-0.3, -0.25) is 4.79 Å². The molecule has 0 aliphatic heterocycles. The van der Waals surface area contributed by atoms with Crippen molar-refractivity contribution in [1.29, 1.82) is 0 Å². The Kier molecular flexibility index (Phi) is 3.58. The Morgan fingerprint density at radius 1 is 1.13 bits per heavy atom. The van der Waals surface area contributed by atoms with E-state index >= 15 is 0 Å². The predicted molar refractivity (Wildman–Crippen MR) is 91.9 cm³/mol. The van der Waals surface area contributed by atoms with Crippen LogP contribution in [0.2, 0.25) is 0 Å². The summed E-state index contributed by atoms with van der Waals surface area (Å²) in [4.78, 5) is 12.1. The van der Waals surface area contributed by atoms with E-state index < -0.39 is 0 Å². The van der Waals surface area contributed by atoms with E-state index in [0.29, 0.717) is 17.1 Å². The number of carbonyl (C=O) groups is 1. The van der Waals surface area contributed by atoms with Crippen LogP contribution in [0.25, 0.3) is 0 Å². The topological polar surface area (TPSA) is 37.3 Å². The van der Waals surface area contributed by atoms with Crippen molar-refractivity contribution in [1.82, 2.24) is 0 Å². The third-order valence-corrected chi connectivity index (χ3v) is 8.60. The molecule has 0 aromatic heterocycles. The number of Topliss-reactive ketones (excluding diaryl/α,β-unsaturated/α-hetero) is 1. The Balaban J connectivity index is 1.62. The molecule has 4 rings (SSSR count). The second kappa shape index (κ2) is 5.18. The Bertz CT molecular complexity index is 550. The first-order valence-corrected chi connectivity index (χ1v) is 9.76. The van der Waals surface area contributed by atoms with Crippen molar-refractivity contribution in [3.8, 4) is 0 Å². The summed E-state index contributed by atoms with van der Waals surface area (Å²) < 4.78 is 0. The molecule has 0 radical (unpaired) electrons. The Morgan fingerprint density at radius 3 is 2.65 bits per heavy atom. The van der Waals surface area contributed by atoms with Crippen LogP contribution < -0.4 is 0 Å². The summed E-state index contributed by atoms with van der Waals surface area (Å²) in [7, 11) is 0. The molecule has 3 fully saturated rings. The molecule has 0 aromatic carbocycles. The van der Waals surface area contributed by atoms with Gasteiger partial charge >= 0.3 is 0 Å². The smallest absolute Gasteiger partial charge is 0.156 e. The van der Waals surface area contributed by atoms with Crippen LogP contribution in [0, 0.1) is 34.5 Å². The lowest BCUT2D eigenvalue weighted by atomic mass is 9.44. The van der Waals surface area contributed by atoms with Gasteiger partial charge in [-0.25, -0.2) is 0 Å². The van der Waals surface area contributed by atoms with Crippen LogP contribution in [0.15, 0.2) is 11.6 Å². The number of hydrogen-bond donors (Lipinski definition) is 1. The zero-order valence-electron chi connectivity index (χ0n) is 15.0. The number of hydrogen-bond acceptors (Lipinski definition) is 2. The predicted octanol–water partition coefficient (Wildman–Crippen LogP) is 4.52. The van der Waals surface area contributed by atoms with Gasteiger partial charge in [-0.1, -0.05) is 19.9 Å². The summed E-state index contributed by atoms with van der Waals surface area (Å²) in [6.07, 6.45) is 11.6. The van der Waals surface area contributed by atoms with E-state index in [9.17, 15) is 9.90 Å². The number of aliphatic hydroxyl groups excluding tert-OH is 1. The molecule has 7 unspecified atom stereocenters. The lowest BCUT2D eigenvalue weighted by Crippen LogP contribution is -2.53. The number of allylic oxidation sites excluding steroid dienone is 2. The number of fused-ring (bicyclic) bond motifs is 5. The van der Waals surface area contributed by atoms with E-state index in [-0.39, 0.29) is 11.5 Å². The zero-order valence-corrected chi connectivity index (χ0v) is 15.0. The normalized spacial score (nSPS) is 52.2. The van der Waals surface area contributed by atoms with Crippen molar-refractivity contribution in [2.45, 2.75) is 78.2 Å². The Labute approximate surface area is 140 Å². The minimum Gasteiger partial charge on any atom is -0.393 e. The molecule has 1 N–H and O–H groups in total. The summed E-state index contributed by atoms with van der Waals surface area (Å²) in [5.74, 6) is 3.31. The second-order valence-electron chi connectivity index (χ2n) is 9.45. The van der Waals surface area contributed by atoms with Crippen molar-refractivity contribution in [3.05, 3.63) is 11.6 Å². The van der Waals surface area contributed by atoms with E-state index in [4.69, 9.17) is 0 Å². The number of aliphatic hydroxyl groups is 1. The standard InChI is InChI=1S/C21H32O2/c1-13(22)17-6-7-18-16-5-4-14-12-15(23)8-10-20(14,2)19(16)9-11-21(17,18)3/h6,14-16,18-19,23H,4-5,7-12H2,1-3H3. The second-order valence-corrected chi connectivity index (χ2v) is 9.45. The molecule has 0 saturated heterocycles. The van der Waals surface area contributed by atoms with Crippen molar-refractivity contribution in [2.24, 2.45) is 34.5 Å². The molecular weight excluding hydrogens is 284 g/mol.